The molecule has 0 aliphatic carbocycles. The minimum Gasteiger partial charge on any atom is -0.465 e. The van der Waals surface area contributed by atoms with E-state index >= 15 is 0 Å². The van der Waals surface area contributed by atoms with E-state index in [4.69, 9.17) is 27.6 Å². The van der Waals surface area contributed by atoms with Gasteiger partial charge in [0.1, 0.15) is 15.5 Å². The average Bonchev–Trinajstić information content (AvgIpc) is 3.35. The normalized spacial score (nSPS) is 11.9. The number of furan rings is 1. The van der Waals surface area contributed by atoms with Gasteiger partial charge in [0.25, 0.3) is 20.0 Å². The van der Waals surface area contributed by atoms with Crippen LogP contribution in [0.3, 0.4) is 0 Å². The lowest BCUT2D eigenvalue weighted by Gasteiger charge is -2.14. The second-order valence-electron chi connectivity index (χ2n) is 5.98. The van der Waals surface area contributed by atoms with Crippen molar-refractivity contribution in [2.45, 2.75) is 16.2 Å². The molecule has 0 atom stereocenters. The fourth-order valence-electron chi connectivity index (χ4n) is 2.42. The fraction of sp³-hybridized carbons (Fsp3) is 0.118. The molecule has 0 aliphatic rings. The first-order valence-corrected chi connectivity index (χ1v) is 12.8. The summed E-state index contributed by atoms with van der Waals surface area (Å²) in [5.74, 6) is -0.749. The molecule has 0 spiro atoms. The lowest BCUT2D eigenvalue weighted by atomic mass is 10.3. The van der Waals surface area contributed by atoms with E-state index in [9.17, 15) is 21.6 Å². The van der Waals surface area contributed by atoms with Gasteiger partial charge in [0.15, 0.2) is 0 Å². The lowest BCUT2D eigenvalue weighted by Crippen LogP contribution is -2.17. The molecule has 2 aromatic heterocycles. The Morgan fingerprint density at radius 3 is 2.13 bits per heavy atom. The second kappa shape index (κ2) is 8.71. The van der Waals surface area contributed by atoms with Gasteiger partial charge in [-0.15, -0.1) is 11.3 Å². The standard InChI is InChI=1S/C17H14Cl2N2O7S3/c1-9-10(17(22)27-2)6-15(28-9)30(23,24)20-13-7-11(18)12(19)8-14(13)21-31(25,26)16-4-3-5-29-16/h3-8,20-21H,1-2H3. The van der Waals surface area contributed by atoms with E-state index in [0.717, 1.165) is 30.6 Å². The topological polar surface area (TPSA) is 132 Å². The molecule has 3 aromatic rings. The minimum atomic E-state index is -4.38. The Bertz CT molecular complexity index is 1350. The first kappa shape index (κ1) is 23.4. The van der Waals surface area contributed by atoms with E-state index in [1.165, 1.54) is 19.1 Å². The molecule has 0 amide bonds. The maximum absolute atomic E-state index is 12.8. The largest absolute Gasteiger partial charge is 0.465 e. The molecule has 14 heteroatoms. The van der Waals surface area contributed by atoms with Crippen LogP contribution in [0.5, 0.6) is 0 Å². The lowest BCUT2D eigenvalue weighted by molar-refractivity contribution is 0.0598. The van der Waals surface area contributed by atoms with E-state index in [1.54, 1.807) is 11.4 Å². The Hall–Kier alpha value is -2.25. The third-order valence-electron chi connectivity index (χ3n) is 3.87. The highest BCUT2D eigenvalue weighted by molar-refractivity contribution is 7.94. The van der Waals surface area contributed by atoms with Crippen molar-refractivity contribution in [3.05, 3.63) is 57.1 Å². The molecule has 0 saturated heterocycles. The van der Waals surface area contributed by atoms with Crippen LogP contribution in [0.2, 0.25) is 10.0 Å². The second-order valence-corrected chi connectivity index (χ2v) is 11.3. The van der Waals surface area contributed by atoms with E-state index in [1.807, 2.05) is 0 Å². The summed E-state index contributed by atoms with van der Waals surface area (Å²) in [5, 5.41) is 0.966. The van der Waals surface area contributed by atoms with Crippen LogP contribution in [0.15, 0.2) is 49.4 Å². The summed E-state index contributed by atoms with van der Waals surface area (Å²) in [7, 11) is -7.25. The number of methoxy groups -OCH3 is 1. The predicted molar refractivity (Wildman–Crippen MR) is 117 cm³/mol. The number of sulfonamides is 2. The van der Waals surface area contributed by atoms with Gasteiger partial charge in [-0.25, -0.2) is 13.2 Å². The number of halogens is 2. The number of anilines is 2. The van der Waals surface area contributed by atoms with Gasteiger partial charge >= 0.3 is 5.97 Å². The van der Waals surface area contributed by atoms with Gasteiger partial charge in [0, 0.05) is 6.07 Å². The maximum atomic E-state index is 12.8. The number of hydrogen-bond donors (Lipinski definition) is 2. The van der Waals surface area contributed by atoms with Gasteiger partial charge in [-0.3, -0.25) is 9.44 Å². The molecule has 1 aromatic carbocycles. The van der Waals surface area contributed by atoms with Crippen LogP contribution in [0.25, 0.3) is 0 Å². The van der Waals surface area contributed by atoms with Crippen molar-refractivity contribution in [1.82, 2.24) is 0 Å². The van der Waals surface area contributed by atoms with Crippen molar-refractivity contribution in [2.24, 2.45) is 0 Å². The molecule has 166 valence electrons. The van der Waals surface area contributed by atoms with Gasteiger partial charge in [-0.05, 0) is 30.5 Å². The summed E-state index contributed by atoms with van der Waals surface area (Å²) in [6.45, 7) is 1.39. The van der Waals surface area contributed by atoms with Crippen LogP contribution in [0.1, 0.15) is 16.1 Å². The quantitative estimate of drug-likeness (QED) is 0.439. The monoisotopic (exact) mass is 524 g/mol. The van der Waals surface area contributed by atoms with Gasteiger partial charge in [-0.1, -0.05) is 29.3 Å². The summed E-state index contributed by atoms with van der Waals surface area (Å²) in [5.41, 5.74) is -0.443. The molecular weight excluding hydrogens is 511 g/mol. The first-order chi connectivity index (χ1) is 14.4. The number of hydrogen-bond acceptors (Lipinski definition) is 8. The molecule has 0 fully saturated rings. The Morgan fingerprint density at radius 2 is 1.61 bits per heavy atom. The third-order valence-corrected chi connectivity index (χ3v) is 8.58. The fourth-order valence-corrected chi connectivity index (χ4v) is 5.88. The maximum Gasteiger partial charge on any atom is 0.341 e. The Morgan fingerprint density at radius 1 is 1.03 bits per heavy atom. The van der Waals surface area contributed by atoms with Crippen LogP contribution in [0.4, 0.5) is 11.4 Å². The molecule has 0 radical (unpaired) electrons. The number of nitrogens with one attached hydrogen (secondary N) is 2. The molecule has 2 N–H and O–H groups in total. The molecule has 9 nitrogen and oxygen atoms in total. The minimum absolute atomic E-state index is 0.00434. The smallest absolute Gasteiger partial charge is 0.341 e. The average molecular weight is 525 g/mol. The van der Waals surface area contributed by atoms with Crippen LogP contribution in [0, 0.1) is 6.92 Å². The number of rotatable bonds is 7. The number of thiophene rings is 1. The number of ether oxygens (including phenoxy) is 1. The summed E-state index contributed by atoms with van der Waals surface area (Å²) >= 11 is 13.0. The van der Waals surface area contributed by atoms with Crippen molar-refractivity contribution in [1.29, 1.82) is 0 Å². The Balaban J connectivity index is 2.01. The van der Waals surface area contributed by atoms with Gasteiger partial charge in [-0.2, -0.15) is 8.42 Å². The van der Waals surface area contributed by atoms with Crippen LogP contribution < -0.4 is 9.44 Å². The van der Waals surface area contributed by atoms with Crippen molar-refractivity contribution in [3.63, 3.8) is 0 Å². The summed E-state index contributed by atoms with van der Waals surface area (Å²) in [6, 6.07) is 6.24. The number of esters is 1. The highest BCUT2D eigenvalue weighted by Crippen LogP contribution is 2.36. The predicted octanol–water partition coefficient (Wildman–Crippen LogP) is 4.34. The zero-order chi connectivity index (χ0) is 23.0. The molecule has 0 bridgehead atoms. The summed E-state index contributed by atoms with van der Waals surface area (Å²) in [4.78, 5) is 11.7. The van der Waals surface area contributed by atoms with Gasteiger partial charge in [0.05, 0.1) is 28.5 Å². The van der Waals surface area contributed by atoms with Crippen LogP contribution in [-0.2, 0) is 24.8 Å². The highest BCUT2D eigenvalue weighted by Gasteiger charge is 2.26. The first-order valence-electron chi connectivity index (χ1n) is 8.21. The van der Waals surface area contributed by atoms with E-state index < -0.39 is 31.1 Å². The SMILES string of the molecule is COC(=O)c1cc(S(=O)(=O)Nc2cc(Cl)c(Cl)cc2NS(=O)(=O)c2cccs2)oc1C. The Kier molecular flexibility index (Phi) is 6.58. The van der Waals surface area contributed by atoms with Crippen molar-refractivity contribution in [2.75, 3.05) is 16.6 Å². The molecule has 0 aliphatic heterocycles. The number of benzene rings is 1. The molecule has 0 unspecified atom stereocenters. The molecule has 3 rings (SSSR count). The zero-order valence-corrected chi connectivity index (χ0v) is 19.8. The third kappa shape index (κ3) is 4.99. The Labute approximate surface area is 192 Å². The van der Waals surface area contributed by atoms with Crippen molar-refractivity contribution < 1.29 is 30.8 Å². The zero-order valence-electron chi connectivity index (χ0n) is 15.8. The van der Waals surface area contributed by atoms with E-state index in [-0.39, 0.29) is 37.0 Å². The molecule has 2 heterocycles. The van der Waals surface area contributed by atoms with E-state index in [0.29, 0.717) is 0 Å². The summed E-state index contributed by atoms with van der Waals surface area (Å²) in [6.07, 6.45) is 0. The van der Waals surface area contributed by atoms with E-state index in [2.05, 4.69) is 14.2 Å². The van der Waals surface area contributed by atoms with Gasteiger partial charge < -0.3 is 9.15 Å². The summed E-state index contributed by atoms with van der Waals surface area (Å²) < 4.78 is 65.0. The number of carbonyl (C=O) groups is 1. The molecule has 31 heavy (non-hydrogen) atoms. The van der Waals surface area contributed by atoms with Crippen molar-refractivity contribution in [3.8, 4) is 0 Å². The van der Waals surface area contributed by atoms with Crippen molar-refractivity contribution >= 4 is 71.9 Å². The molecular formula is C17H14Cl2N2O7S3. The molecule has 0 saturated carbocycles. The van der Waals surface area contributed by atoms with Crippen LogP contribution >= 0.6 is 34.5 Å². The highest BCUT2D eigenvalue weighted by atomic mass is 35.5. The number of carbonyl (C=O) groups excluding carboxylic acids is 1. The van der Waals surface area contributed by atoms with Gasteiger partial charge in [0.2, 0.25) is 5.09 Å². The van der Waals surface area contributed by atoms with Crippen LogP contribution in [-0.4, -0.2) is 29.9 Å². The number of aryl methyl sites for hydroxylation is 1.